The van der Waals surface area contributed by atoms with Crippen molar-refractivity contribution in [1.82, 2.24) is 14.0 Å². The Labute approximate surface area is 229 Å². The molecule has 0 N–H and O–H groups in total. The Bertz CT molecular complexity index is 1640. The molecule has 0 atom stereocenters. The third-order valence-electron chi connectivity index (χ3n) is 6.78. The van der Waals surface area contributed by atoms with Crippen LogP contribution in [0.4, 0.5) is 0 Å². The van der Waals surface area contributed by atoms with Gasteiger partial charge in [-0.15, -0.1) is 11.3 Å². The third-order valence-corrected chi connectivity index (χ3v) is 8.82. The van der Waals surface area contributed by atoms with E-state index in [-0.39, 0.29) is 17.5 Å². The van der Waals surface area contributed by atoms with Gasteiger partial charge in [0.1, 0.15) is 4.83 Å². The summed E-state index contributed by atoms with van der Waals surface area (Å²) in [6.07, 6.45) is 0. The van der Waals surface area contributed by atoms with Crippen molar-refractivity contribution in [3.8, 4) is 5.69 Å². The topological polar surface area (TPSA) is 64.3 Å². The van der Waals surface area contributed by atoms with Crippen molar-refractivity contribution in [2.75, 3.05) is 13.1 Å². The first-order valence-electron chi connectivity index (χ1n) is 12.1. The van der Waals surface area contributed by atoms with Gasteiger partial charge >= 0.3 is 5.69 Å². The first-order valence-corrected chi connectivity index (χ1v) is 13.7. The molecule has 2 aromatic carbocycles. The molecular weight excluding hydrogens is 529 g/mol. The maximum absolute atomic E-state index is 14.0. The lowest BCUT2D eigenvalue weighted by Crippen LogP contribution is -2.39. The number of aryl methyl sites for hydroxylation is 4. The minimum Gasteiger partial charge on any atom is -0.338 e. The van der Waals surface area contributed by atoms with Crippen molar-refractivity contribution < 1.29 is 4.79 Å². The van der Waals surface area contributed by atoms with Gasteiger partial charge in [-0.1, -0.05) is 40.9 Å². The average molecular weight is 559 g/mol. The van der Waals surface area contributed by atoms with Crippen LogP contribution in [0, 0.1) is 27.7 Å². The van der Waals surface area contributed by atoms with Crippen LogP contribution in [0.1, 0.15) is 51.3 Å². The Morgan fingerprint density at radius 1 is 0.946 bits per heavy atom. The molecule has 0 radical (unpaired) electrons. The number of thiophene rings is 1. The van der Waals surface area contributed by atoms with Gasteiger partial charge in [0.15, 0.2) is 0 Å². The molecule has 194 valence electrons. The summed E-state index contributed by atoms with van der Waals surface area (Å²) in [4.78, 5) is 43.9. The number of halogens is 2. The van der Waals surface area contributed by atoms with Gasteiger partial charge in [-0.2, -0.15) is 0 Å². The maximum Gasteiger partial charge on any atom is 0.337 e. The van der Waals surface area contributed by atoms with Crippen LogP contribution in [0.5, 0.6) is 0 Å². The molecule has 6 nitrogen and oxygen atoms in total. The van der Waals surface area contributed by atoms with Crippen molar-refractivity contribution in [3.63, 3.8) is 0 Å². The summed E-state index contributed by atoms with van der Waals surface area (Å²) in [7, 11) is 0. The standard InChI is InChI=1S/C28H29Cl2N3O3S/c1-7-31(8-2)26(35)24-18(6)23-25(34)33(19-9-10-21(29)22(30)13-19)28(36)32(27(23)37-24)14-20-16(4)11-15(3)12-17(20)5/h9-13H,7-8,14H2,1-6H3. The summed E-state index contributed by atoms with van der Waals surface area (Å²) in [6.45, 7) is 13.0. The Hall–Kier alpha value is -2.87. The molecule has 0 fully saturated rings. The van der Waals surface area contributed by atoms with Crippen molar-refractivity contribution in [3.05, 3.63) is 93.9 Å². The molecule has 4 rings (SSSR count). The quantitative estimate of drug-likeness (QED) is 0.280. The van der Waals surface area contributed by atoms with Crippen LogP contribution >= 0.6 is 34.5 Å². The maximum atomic E-state index is 14.0. The molecule has 0 saturated heterocycles. The summed E-state index contributed by atoms with van der Waals surface area (Å²) in [5, 5.41) is 0.917. The van der Waals surface area contributed by atoms with Gasteiger partial charge in [0, 0.05) is 13.1 Å². The highest BCUT2D eigenvalue weighted by atomic mass is 35.5. The molecule has 9 heteroatoms. The van der Waals surface area contributed by atoms with Crippen LogP contribution in [-0.4, -0.2) is 33.0 Å². The predicted molar refractivity (Wildman–Crippen MR) is 153 cm³/mol. The number of hydrogen-bond donors (Lipinski definition) is 0. The number of hydrogen-bond acceptors (Lipinski definition) is 4. The van der Waals surface area contributed by atoms with E-state index in [0.717, 1.165) is 26.8 Å². The summed E-state index contributed by atoms with van der Waals surface area (Å²) in [6, 6.07) is 8.82. The summed E-state index contributed by atoms with van der Waals surface area (Å²) in [5.74, 6) is -0.147. The van der Waals surface area contributed by atoms with E-state index >= 15 is 0 Å². The van der Waals surface area contributed by atoms with Crippen LogP contribution in [0.15, 0.2) is 39.9 Å². The lowest BCUT2D eigenvalue weighted by molar-refractivity contribution is 0.0777. The summed E-state index contributed by atoms with van der Waals surface area (Å²) in [5.41, 5.74) is 4.14. The second-order valence-electron chi connectivity index (χ2n) is 9.20. The number of fused-ring (bicyclic) bond motifs is 1. The number of carbonyl (C=O) groups is 1. The van der Waals surface area contributed by atoms with Crippen molar-refractivity contribution in [1.29, 1.82) is 0 Å². The highest BCUT2D eigenvalue weighted by Crippen LogP contribution is 2.31. The Balaban J connectivity index is 2.10. The van der Waals surface area contributed by atoms with Crippen LogP contribution in [-0.2, 0) is 6.54 Å². The van der Waals surface area contributed by atoms with Crippen molar-refractivity contribution in [2.24, 2.45) is 0 Å². The van der Waals surface area contributed by atoms with Gasteiger partial charge in [-0.3, -0.25) is 14.2 Å². The van der Waals surface area contributed by atoms with Crippen molar-refractivity contribution >= 4 is 50.7 Å². The minimum absolute atomic E-state index is 0.147. The average Bonchev–Trinajstić information content (AvgIpc) is 3.18. The number of nitrogens with zero attached hydrogens (tertiary/aromatic N) is 3. The molecule has 4 aromatic rings. The van der Waals surface area contributed by atoms with E-state index in [1.807, 2.05) is 34.6 Å². The molecule has 0 spiro atoms. The van der Waals surface area contributed by atoms with E-state index in [4.69, 9.17) is 23.2 Å². The Morgan fingerprint density at radius 3 is 2.14 bits per heavy atom. The molecule has 0 bridgehead atoms. The molecule has 0 aliphatic carbocycles. The normalized spacial score (nSPS) is 11.4. The molecule has 0 aliphatic rings. The Morgan fingerprint density at radius 2 is 1.57 bits per heavy atom. The van der Waals surface area contributed by atoms with Gasteiger partial charge in [0.05, 0.1) is 32.5 Å². The predicted octanol–water partition coefficient (Wildman–Crippen LogP) is 6.28. The van der Waals surface area contributed by atoms with E-state index < -0.39 is 11.2 Å². The SMILES string of the molecule is CCN(CC)C(=O)c1sc2c(c1C)c(=O)n(-c1ccc(Cl)c(Cl)c1)c(=O)n2Cc1c(C)cc(C)cc1C. The number of amides is 1. The zero-order valence-corrected chi connectivity index (χ0v) is 24.1. The fourth-order valence-electron chi connectivity index (χ4n) is 4.81. The van der Waals surface area contributed by atoms with E-state index in [9.17, 15) is 14.4 Å². The Kier molecular flexibility index (Phi) is 7.70. The first kappa shape index (κ1) is 27.2. The number of benzene rings is 2. The fraction of sp³-hybridized carbons (Fsp3) is 0.321. The summed E-state index contributed by atoms with van der Waals surface area (Å²) >= 11 is 13.6. The first-order chi connectivity index (χ1) is 17.5. The summed E-state index contributed by atoms with van der Waals surface area (Å²) < 4.78 is 2.72. The van der Waals surface area contributed by atoms with E-state index in [1.54, 1.807) is 28.5 Å². The molecular formula is C28H29Cl2N3O3S. The number of carbonyl (C=O) groups excluding carboxylic acids is 1. The van der Waals surface area contributed by atoms with E-state index in [1.165, 1.54) is 17.4 Å². The molecule has 0 aliphatic heterocycles. The van der Waals surface area contributed by atoms with Gasteiger partial charge in [-0.05, 0) is 82.0 Å². The lowest BCUT2D eigenvalue weighted by atomic mass is 10.00. The molecule has 0 saturated carbocycles. The second kappa shape index (κ2) is 10.5. The lowest BCUT2D eigenvalue weighted by Gasteiger charge is -2.17. The molecule has 0 unspecified atom stereocenters. The zero-order valence-electron chi connectivity index (χ0n) is 21.7. The third kappa shape index (κ3) is 4.76. The van der Waals surface area contributed by atoms with Gasteiger partial charge in [0.25, 0.3) is 11.5 Å². The monoisotopic (exact) mass is 557 g/mol. The van der Waals surface area contributed by atoms with Crippen LogP contribution in [0.3, 0.4) is 0 Å². The highest BCUT2D eigenvalue weighted by molar-refractivity contribution is 7.20. The van der Waals surface area contributed by atoms with E-state index in [2.05, 4.69) is 12.1 Å². The number of aromatic nitrogens is 2. The molecule has 1 amide bonds. The second-order valence-corrected chi connectivity index (χ2v) is 11.0. The minimum atomic E-state index is -0.502. The molecule has 37 heavy (non-hydrogen) atoms. The van der Waals surface area contributed by atoms with Gasteiger partial charge in [0.2, 0.25) is 0 Å². The molecule has 2 heterocycles. The highest BCUT2D eigenvalue weighted by Gasteiger charge is 2.26. The zero-order chi connectivity index (χ0) is 27.2. The van der Waals surface area contributed by atoms with Crippen LogP contribution < -0.4 is 11.2 Å². The van der Waals surface area contributed by atoms with Crippen LogP contribution in [0.2, 0.25) is 10.0 Å². The molecule has 2 aromatic heterocycles. The van der Waals surface area contributed by atoms with E-state index in [0.29, 0.717) is 44.5 Å². The van der Waals surface area contributed by atoms with Crippen molar-refractivity contribution in [2.45, 2.75) is 48.1 Å². The number of rotatable bonds is 6. The fourth-order valence-corrected chi connectivity index (χ4v) is 6.37. The largest absolute Gasteiger partial charge is 0.338 e. The van der Waals surface area contributed by atoms with Crippen LogP contribution in [0.25, 0.3) is 15.9 Å². The smallest absolute Gasteiger partial charge is 0.337 e. The van der Waals surface area contributed by atoms with Gasteiger partial charge < -0.3 is 4.90 Å². The van der Waals surface area contributed by atoms with Gasteiger partial charge in [-0.25, -0.2) is 9.36 Å².